The van der Waals surface area contributed by atoms with Crippen molar-refractivity contribution in [1.29, 1.82) is 0 Å². The quantitative estimate of drug-likeness (QED) is 0.601. The Hall–Kier alpha value is -3.41. The SMILES string of the molecule is C=CCNc1nc(Nc2ccc(C(=O)O)cc2)nc2ccccc12. The van der Waals surface area contributed by atoms with E-state index in [0.29, 0.717) is 24.0 Å². The molecule has 2 aromatic carbocycles. The van der Waals surface area contributed by atoms with Gasteiger partial charge in [0.2, 0.25) is 5.95 Å². The van der Waals surface area contributed by atoms with Gasteiger partial charge in [0, 0.05) is 17.6 Å². The second-order valence-corrected chi connectivity index (χ2v) is 5.09. The summed E-state index contributed by atoms with van der Waals surface area (Å²) in [5.41, 5.74) is 1.75. The zero-order chi connectivity index (χ0) is 16.9. The molecule has 1 aromatic heterocycles. The molecule has 3 rings (SSSR count). The van der Waals surface area contributed by atoms with E-state index < -0.39 is 5.97 Å². The van der Waals surface area contributed by atoms with Gasteiger partial charge in [0.05, 0.1) is 11.1 Å². The fraction of sp³-hybridized carbons (Fsp3) is 0.0556. The molecule has 0 spiro atoms. The number of hydrogen-bond acceptors (Lipinski definition) is 5. The van der Waals surface area contributed by atoms with Crippen LogP contribution >= 0.6 is 0 Å². The molecule has 0 unspecified atom stereocenters. The van der Waals surface area contributed by atoms with Gasteiger partial charge < -0.3 is 15.7 Å². The van der Waals surface area contributed by atoms with Crippen molar-refractivity contribution in [3.8, 4) is 0 Å². The molecular formula is C18H16N4O2. The first-order valence-corrected chi connectivity index (χ1v) is 7.39. The van der Waals surface area contributed by atoms with Gasteiger partial charge in [0.1, 0.15) is 5.82 Å². The first-order valence-electron chi connectivity index (χ1n) is 7.39. The van der Waals surface area contributed by atoms with Crippen LogP contribution in [0.3, 0.4) is 0 Å². The van der Waals surface area contributed by atoms with Crippen LogP contribution in [-0.4, -0.2) is 27.6 Å². The van der Waals surface area contributed by atoms with Crippen LogP contribution < -0.4 is 10.6 Å². The predicted molar refractivity (Wildman–Crippen MR) is 94.9 cm³/mol. The van der Waals surface area contributed by atoms with Gasteiger partial charge in [-0.2, -0.15) is 4.98 Å². The lowest BCUT2D eigenvalue weighted by atomic mass is 10.2. The molecular weight excluding hydrogens is 304 g/mol. The van der Waals surface area contributed by atoms with Crippen molar-refractivity contribution >= 4 is 34.3 Å². The highest BCUT2D eigenvalue weighted by molar-refractivity contribution is 5.90. The smallest absolute Gasteiger partial charge is 0.335 e. The van der Waals surface area contributed by atoms with E-state index in [1.807, 2.05) is 24.3 Å². The lowest BCUT2D eigenvalue weighted by Gasteiger charge is -2.11. The lowest BCUT2D eigenvalue weighted by Crippen LogP contribution is -2.05. The largest absolute Gasteiger partial charge is 0.478 e. The Morgan fingerprint density at radius 2 is 1.88 bits per heavy atom. The number of nitrogens with one attached hydrogen (secondary N) is 2. The van der Waals surface area contributed by atoms with Gasteiger partial charge in [-0.15, -0.1) is 6.58 Å². The number of carboxylic acids is 1. The summed E-state index contributed by atoms with van der Waals surface area (Å²) in [4.78, 5) is 19.9. The molecule has 0 atom stereocenters. The van der Waals surface area contributed by atoms with Gasteiger partial charge in [-0.05, 0) is 36.4 Å². The zero-order valence-corrected chi connectivity index (χ0v) is 12.9. The summed E-state index contributed by atoms with van der Waals surface area (Å²) in [5.74, 6) is 0.188. The first-order chi connectivity index (χ1) is 11.7. The molecule has 3 N–H and O–H groups in total. The van der Waals surface area contributed by atoms with Gasteiger partial charge in [0.15, 0.2) is 0 Å². The van der Waals surface area contributed by atoms with Crippen LogP contribution in [-0.2, 0) is 0 Å². The number of benzene rings is 2. The minimum absolute atomic E-state index is 0.230. The number of nitrogens with zero attached hydrogens (tertiary/aromatic N) is 2. The summed E-state index contributed by atoms with van der Waals surface area (Å²) in [6.45, 7) is 4.29. The summed E-state index contributed by atoms with van der Waals surface area (Å²) in [6, 6.07) is 14.1. The predicted octanol–water partition coefficient (Wildman–Crippen LogP) is 3.67. The number of fused-ring (bicyclic) bond motifs is 1. The maximum Gasteiger partial charge on any atom is 0.335 e. The second-order valence-electron chi connectivity index (χ2n) is 5.09. The lowest BCUT2D eigenvalue weighted by molar-refractivity contribution is 0.0697. The van der Waals surface area contributed by atoms with E-state index in [2.05, 4.69) is 27.2 Å². The third-order valence-electron chi connectivity index (χ3n) is 3.41. The Balaban J connectivity index is 1.93. The highest BCUT2D eigenvalue weighted by atomic mass is 16.4. The van der Waals surface area contributed by atoms with Crippen molar-refractivity contribution < 1.29 is 9.90 Å². The number of anilines is 3. The number of carboxylic acid groups (broad SMARTS) is 1. The molecule has 24 heavy (non-hydrogen) atoms. The number of aromatic nitrogens is 2. The van der Waals surface area contributed by atoms with Crippen LogP contribution in [0.2, 0.25) is 0 Å². The van der Waals surface area contributed by atoms with Gasteiger partial charge in [-0.1, -0.05) is 18.2 Å². The molecule has 120 valence electrons. The van der Waals surface area contributed by atoms with E-state index in [0.717, 1.165) is 10.9 Å². The topological polar surface area (TPSA) is 87.1 Å². The minimum atomic E-state index is -0.959. The number of rotatable bonds is 6. The molecule has 0 aliphatic heterocycles. The van der Waals surface area contributed by atoms with Crippen LogP contribution in [0.4, 0.5) is 17.5 Å². The van der Waals surface area contributed by atoms with Crippen molar-refractivity contribution in [3.63, 3.8) is 0 Å². The minimum Gasteiger partial charge on any atom is -0.478 e. The molecule has 0 bridgehead atoms. The normalized spacial score (nSPS) is 10.3. The summed E-state index contributed by atoms with van der Waals surface area (Å²) >= 11 is 0. The average molecular weight is 320 g/mol. The summed E-state index contributed by atoms with van der Waals surface area (Å²) in [5, 5.41) is 16.2. The van der Waals surface area contributed by atoms with E-state index >= 15 is 0 Å². The Labute approximate surface area is 138 Å². The summed E-state index contributed by atoms with van der Waals surface area (Å²) in [6.07, 6.45) is 1.76. The summed E-state index contributed by atoms with van der Waals surface area (Å²) in [7, 11) is 0. The van der Waals surface area contributed by atoms with Crippen LogP contribution in [0.1, 0.15) is 10.4 Å². The van der Waals surface area contributed by atoms with E-state index in [1.165, 1.54) is 12.1 Å². The highest BCUT2D eigenvalue weighted by Gasteiger charge is 2.08. The van der Waals surface area contributed by atoms with Gasteiger partial charge >= 0.3 is 5.97 Å². The third-order valence-corrected chi connectivity index (χ3v) is 3.41. The number of para-hydroxylation sites is 1. The number of carbonyl (C=O) groups is 1. The Morgan fingerprint density at radius 3 is 2.58 bits per heavy atom. The van der Waals surface area contributed by atoms with Gasteiger partial charge in [-0.25, -0.2) is 9.78 Å². The third kappa shape index (κ3) is 3.33. The van der Waals surface area contributed by atoms with Crippen molar-refractivity contribution in [2.45, 2.75) is 0 Å². The van der Waals surface area contributed by atoms with E-state index in [4.69, 9.17) is 5.11 Å². The molecule has 0 aliphatic carbocycles. The maximum absolute atomic E-state index is 10.9. The Kier molecular flexibility index (Phi) is 4.38. The monoisotopic (exact) mass is 320 g/mol. The number of aromatic carboxylic acids is 1. The molecule has 6 nitrogen and oxygen atoms in total. The zero-order valence-electron chi connectivity index (χ0n) is 12.9. The molecule has 1 heterocycles. The highest BCUT2D eigenvalue weighted by Crippen LogP contribution is 2.23. The van der Waals surface area contributed by atoms with Crippen LogP contribution in [0, 0.1) is 0 Å². The molecule has 0 aliphatic rings. The fourth-order valence-electron chi connectivity index (χ4n) is 2.26. The molecule has 0 fully saturated rings. The first kappa shape index (κ1) is 15.5. The fourth-order valence-corrected chi connectivity index (χ4v) is 2.26. The molecule has 0 saturated heterocycles. The van der Waals surface area contributed by atoms with E-state index in [9.17, 15) is 4.79 Å². The van der Waals surface area contributed by atoms with Crippen molar-refractivity contribution in [3.05, 3.63) is 66.7 Å². The van der Waals surface area contributed by atoms with Crippen molar-refractivity contribution in [1.82, 2.24) is 9.97 Å². The molecule has 0 radical (unpaired) electrons. The van der Waals surface area contributed by atoms with E-state index in [1.54, 1.807) is 18.2 Å². The molecule has 0 saturated carbocycles. The van der Waals surface area contributed by atoms with Gasteiger partial charge in [0.25, 0.3) is 0 Å². The average Bonchev–Trinajstić information content (AvgIpc) is 2.60. The summed E-state index contributed by atoms with van der Waals surface area (Å²) < 4.78 is 0. The number of hydrogen-bond donors (Lipinski definition) is 3. The molecule has 6 heteroatoms. The van der Waals surface area contributed by atoms with Crippen molar-refractivity contribution in [2.75, 3.05) is 17.2 Å². The van der Waals surface area contributed by atoms with Crippen LogP contribution in [0.5, 0.6) is 0 Å². The maximum atomic E-state index is 10.9. The van der Waals surface area contributed by atoms with Gasteiger partial charge in [-0.3, -0.25) is 0 Å². The standard InChI is InChI=1S/C18H16N4O2/c1-2-11-19-16-14-5-3-4-6-15(14)21-18(22-16)20-13-9-7-12(8-10-13)17(23)24/h2-10H,1,11H2,(H,23,24)(H2,19,20,21,22). The van der Waals surface area contributed by atoms with Crippen LogP contribution in [0.25, 0.3) is 10.9 Å². The van der Waals surface area contributed by atoms with Crippen LogP contribution in [0.15, 0.2) is 61.2 Å². The Bertz CT molecular complexity index is 891. The molecule has 0 amide bonds. The van der Waals surface area contributed by atoms with Crippen molar-refractivity contribution in [2.24, 2.45) is 0 Å². The Morgan fingerprint density at radius 1 is 1.12 bits per heavy atom. The second kappa shape index (κ2) is 6.78. The molecule has 3 aromatic rings. The van der Waals surface area contributed by atoms with E-state index in [-0.39, 0.29) is 5.56 Å².